The van der Waals surface area contributed by atoms with Crippen LogP contribution in [0.15, 0.2) is 53.9 Å². The Hall–Kier alpha value is -3.09. The molecule has 0 spiro atoms. The molecule has 4 rings (SSSR count). The van der Waals surface area contributed by atoms with Crippen molar-refractivity contribution in [1.82, 2.24) is 0 Å². The molecule has 2 aromatic carbocycles. The number of fused-ring (bicyclic) bond motifs is 2. The van der Waals surface area contributed by atoms with Crippen molar-refractivity contribution in [3.05, 3.63) is 86.6 Å². The summed E-state index contributed by atoms with van der Waals surface area (Å²) in [6, 6.07) is 13.5. The van der Waals surface area contributed by atoms with E-state index in [1.165, 1.54) is 10.4 Å². The molecule has 0 bridgehead atoms. The second-order valence-corrected chi connectivity index (χ2v) is 8.73. The van der Waals surface area contributed by atoms with Gasteiger partial charge in [0, 0.05) is 27.9 Å². The topological polar surface area (TPSA) is 67.7 Å². The van der Waals surface area contributed by atoms with Crippen LogP contribution in [0.1, 0.15) is 49.2 Å². The number of benzene rings is 2. The number of ketones is 2. The minimum atomic E-state index is -0.277. The second kappa shape index (κ2) is 7.97. The van der Waals surface area contributed by atoms with Gasteiger partial charge in [-0.05, 0) is 49.1 Å². The fourth-order valence-corrected chi connectivity index (χ4v) is 4.64. The molecule has 0 saturated heterocycles. The number of rotatable bonds is 5. The Kier molecular flexibility index (Phi) is 5.37. The molecule has 0 radical (unpaired) electrons. The Bertz CT molecular complexity index is 1160. The number of nitrogens with one attached hydrogen (secondary N) is 2. The summed E-state index contributed by atoms with van der Waals surface area (Å²) in [5.74, 6) is -0.487. The lowest BCUT2D eigenvalue weighted by molar-refractivity contribution is -0.907. The Balaban J connectivity index is 1.52. The van der Waals surface area contributed by atoms with Crippen molar-refractivity contribution >= 4 is 34.5 Å². The number of amides is 1. The highest BCUT2D eigenvalue weighted by Crippen LogP contribution is 2.29. The number of thiophene rings is 1. The SMILES string of the molecule is Cc1ccsc1C[NH+](C)[C@H](C)C(=O)Nc1ccc2c(c1)C(=O)c1ccccc1C2=O. The molecule has 1 aromatic heterocycles. The van der Waals surface area contributed by atoms with Gasteiger partial charge in [0.05, 0.1) is 11.9 Å². The van der Waals surface area contributed by atoms with E-state index in [4.69, 9.17) is 0 Å². The predicted octanol–water partition coefficient (Wildman–Crippen LogP) is 2.87. The molecule has 2 N–H and O–H groups in total. The van der Waals surface area contributed by atoms with Gasteiger partial charge in [0.1, 0.15) is 6.54 Å². The van der Waals surface area contributed by atoms with Gasteiger partial charge in [-0.1, -0.05) is 24.3 Å². The number of hydrogen-bond donors (Lipinski definition) is 2. The molecular formula is C24H23N2O3S+. The van der Waals surface area contributed by atoms with Gasteiger partial charge < -0.3 is 10.2 Å². The van der Waals surface area contributed by atoms with Gasteiger partial charge in [-0.15, -0.1) is 11.3 Å². The molecule has 1 heterocycles. The van der Waals surface area contributed by atoms with Crippen LogP contribution in [0.2, 0.25) is 0 Å². The maximum atomic E-state index is 12.9. The lowest BCUT2D eigenvalue weighted by Crippen LogP contribution is -3.12. The summed E-state index contributed by atoms with van der Waals surface area (Å²) < 4.78 is 0. The summed E-state index contributed by atoms with van der Waals surface area (Å²) in [7, 11) is 2.00. The maximum Gasteiger partial charge on any atom is 0.282 e. The molecule has 152 valence electrons. The molecule has 1 aliphatic rings. The van der Waals surface area contributed by atoms with Crippen LogP contribution in [0.4, 0.5) is 5.69 Å². The molecule has 0 aliphatic heterocycles. The molecular weight excluding hydrogens is 396 g/mol. The van der Waals surface area contributed by atoms with Gasteiger partial charge in [-0.2, -0.15) is 0 Å². The highest BCUT2D eigenvalue weighted by molar-refractivity contribution is 7.10. The Labute approximate surface area is 179 Å². The summed E-state index contributed by atoms with van der Waals surface area (Å²) in [5, 5.41) is 4.97. The third kappa shape index (κ3) is 3.60. The van der Waals surface area contributed by atoms with Crippen molar-refractivity contribution in [1.29, 1.82) is 0 Å². The van der Waals surface area contributed by atoms with Gasteiger partial charge in [0.2, 0.25) is 0 Å². The molecule has 1 amide bonds. The number of quaternary nitrogens is 1. The predicted molar refractivity (Wildman–Crippen MR) is 117 cm³/mol. The van der Waals surface area contributed by atoms with E-state index in [1.807, 2.05) is 14.0 Å². The van der Waals surface area contributed by atoms with Gasteiger partial charge in [-0.25, -0.2) is 0 Å². The van der Waals surface area contributed by atoms with Crippen LogP contribution in [0.5, 0.6) is 0 Å². The number of anilines is 1. The van der Waals surface area contributed by atoms with Crippen LogP contribution in [0.3, 0.4) is 0 Å². The monoisotopic (exact) mass is 419 g/mol. The number of carbonyl (C=O) groups excluding carboxylic acids is 3. The van der Waals surface area contributed by atoms with Crippen molar-refractivity contribution in [3.8, 4) is 0 Å². The standard InChI is InChI=1S/C24H22N2O3S/c1-14-10-11-30-21(14)13-26(3)15(2)24(29)25-16-8-9-19-20(12-16)23(28)18-7-5-4-6-17(18)22(19)27/h4-12,15H,13H2,1-3H3,(H,25,29)/p+1/t15-/m1/s1. The first-order valence-electron chi connectivity index (χ1n) is 9.85. The van der Waals surface area contributed by atoms with Crippen molar-refractivity contribution < 1.29 is 19.3 Å². The van der Waals surface area contributed by atoms with Crippen LogP contribution >= 0.6 is 11.3 Å². The average Bonchev–Trinajstić information content (AvgIpc) is 3.15. The fraction of sp³-hybridized carbons (Fsp3) is 0.208. The van der Waals surface area contributed by atoms with E-state index < -0.39 is 0 Å². The van der Waals surface area contributed by atoms with E-state index >= 15 is 0 Å². The van der Waals surface area contributed by atoms with E-state index in [9.17, 15) is 14.4 Å². The number of carbonyl (C=O) groups is 3. The highest BCUT2D eigenvalue weighted by Gasteiger charge is 2.30. The molecule has 0 saturated carbocycles. The molecule has 1 aliphatic carbocycles. The first-order chi connectivity index (χ1) is 14.4. The van der Waals surface area contributed by atoms with Crippen LogP contribution in [0.25, 0.3) is 0 Å². The summed E-state index contributed by atoms with van der Waals surface area (Å²) in [6.45, 7) is 4.73. The van der Waals surface area contributed by atoms with Crippen LogP contribution in [-0.2, 0) is 11.3 Å². The van der Waals surface area contributed by atoms with Crippen molar-refractivity contribution in [2.75, 3.05) is 12.4 Å². The molecule has 0 fully saturated rings. The zero-order chi connectivity index (χ0) is 21.4. The largest absolute Gasteiger partial charge is 0.323 e. The van der Waals surface area contributed by atoms with E-state index in [0.29, 0.717) is 27.9 Å². The van der Waals surface area contributed by atoms with Crippen LogP contribution in [-0.4, -0.2) is 30.6 Å². The smallest absolute Gasteiger partial charge is 0.282 e. The molecule has 30 heavy (non-hydrogen) atoms. The molecule has 3 aromatic rings. The summed E-state index contributed by atoms with van der Waals surface area (Å²) >= 11 is 1.70. The fourth-order valence-electron chi connectivity index (χ4n) is 3.64. The average molecular weight is 420 g/mol. The zero-order valence-electron chi connectivity index (χ0n) is 17.1. The van der Waals surface area contributed by atoms with E-state index in [1.54, 1.807) is 53.8 Å². The summed E-state index contributed by atoms with van der Waals surface area (Å²) in [5.41, 5.74) is 3.30. The molecule has 1 unspecified atom stereocenters. The lowest BCUT2D eigenvalue weighted by atomic mass is 9.84. The lowest BCUT2D eigenvalue weighted by Gasteiger charge is -2.22. The molecule has 2 atom stereocenters. The van der Waals surface area contributed by atoms with E-state index in [-0.39, 0.29) is 23.5 Å². The maximum absolute atomic E-state index is 12.9. The number of hydrogen-bond acceptors (Lipinski definition) is 4. The van der Waals surface area contributed by atoms with E-state index in [2.05, 4.69) is 23.7 Å². The third-order valence-electron chi connectivity index (χ3n) is 5.73. The van der Waals surface area contributed by atoms with Crippen molar-refractivity contribution in [2.45, 2.75) is 26.4 Å². The Morgan fingerprint density at radius 3 is 2.27 bits per heavy atom. The Morgan fingerprint density at radius 1 is 1.00 bits per heavy atom. The van der Waals surface area contributed by atoms with Gasteiger partial charge in [0.15, 0.2) is 17.6 Å². The van der Waals surface area contributed by atoms with E-state index in [0.717, 1.165) is 11.4 Å². The highest BCUT2D eigenvalue weighted by atomic mass is 32.1. The van der Waals surface area contributed by atoms with Gasteiger partial charge >= 0.3 is 0 Å². The summed E-state index contributed by atoms with van der Waals surface area (Å²) in [4.78, 5) is 40.7. The number of likely N-dealkylation sites (N-methyl/N-ethyl adjacent to an activating group) is 1. The minimum Gasteiger partial charge on any atom is -0.323 e. The van der Waals surface area contributed by atoms with Crippen LogP contribution in [0, 0.1) is 6.92 Å². The summed E-state index contributed by atoms with van der Waals surface area (Å²) in [6.07, 6.45) is 0. The van der Waals surface area contributed by atoms with Crippen LogP contribution < -0.4 is 10.2 Å². The minimum absolute atomic E-state index is 0.128. The second-order valence-electron chi connectivity index (χ2n) is 7.73. The first-order valence-corrected chi connectivity index (χ1v) is 10.7. The van der Waals surface area contributed by atoms with Crippen molar-refractivity contribution in [3.63, 3.8) is 0 Å². The quantitative estimate of drug-likeness (QED) is 0.523. The zero-order valence-corrected chi connectivity index (χ0v) is 17.9. The normalized spacial score (nSPS) is 14.6. The van der Waals surface area contributed by atoms with Gasteiger partial charge in [0.25, 0.3) is 5.91 Å². The first kappa shape index (κ1) is 20.2. The number of aryl methyl sites for hydroxylation is 1. The molecule has 6 heteroatoms. The van der Waals surface area contributed by atoms with Crippen molar-refractivity contribution in [2.24, 2.45) is 0 Å². The van der Waals surface area contributed by atoms with Gasteiger partial charge in [-0.3, -0.25) is 14.4 Å². The molecule has 5 nitrogen and oxygen atoms in total. The third-order valence-corrected chi connectivity index (χ3v) is 6.76. The Morgan fingerprint density at radius 2 is 1.63 bits per heavy atom.